The van der Waals surface area contributed by atoms with Crippen molar-refractivity contribution in [2.75, 3.05) is 20.1 Å². The Labute approximate surface area is 152 Å². The molecule has 0 amide bonds. The van der Waals surface area contributed by atoms with Crippen molar-refractivity contribution in [1.82, 2.24) is 4.90 Å². The van der Waals surface area contributed by atoms with Crippen LogP contribution in [-0.4, -0.2) is 25.0 Å². The summed E-state index contributed by atoms with van der Waals surface area (Å²) in [6.07, 6.45) is 4.66. The Kier molecular flexibility index (Phi) is 4.29. The number of likely N-dealkylation sites (tertiary alicyclic amines) is 1. The first kappa shape index (κ1) is 16.6. The summed E-state index contributed by atoms with van der Waals surface area (Å²) in [5.41, 5.74) is 9.35. The van der Waals surface area contributed by atoms with Crippen LogP contribution in [0.5, 0.6) is 0 Å². The van der Waals surface area contributed by atoms with E-state index in [0.717, 1.165) is 12.8 Å². The van der Waals surface area contributed by atoms with Gasteiger partial charge in [0.1, 0.15) is 0 Å². The molecule has 0 bridgehead atoms. The molecule has 0 radical (unpaired) electrons. The quantitative estimate of drug-likeness (QED) is 0.727. The Morgan fingerprint density at radius 2 is 1.64 bits per heavy atom. The molecule has 2 aromatic carbocycles. The van der Waals surface area contributed by atoms with Gasteiger partial charge in [0, 0.05) is 18.5 Å². The predicted octanol–water partition coefficient (Wildman–Crippen LogP) is 5.24. The zero-order valence-corrected chi connectivity index (χ0v) is 15.8. The largest absolute Gasteiger partial charge is 0.306 e. The second-order valence-corrected chi connectivity index (χ2v) is 8.00. The first-order valence-electron chi connectivity index (χ1n) is 9.70. The smallest absolute Gasteiger partial charge is 0.0220 e. The molecule has 4 rings (SSSR count). The number of allylic oxidation sites excluding steroid dienone is 1. The SMILES string of the molecule is CCc1ccc(C2(C)Cc3ccccc3C2=C2CCN(C)CC2)cc1. The number of fused-ring (bicyclic) bond motifs is 1. The lowest BCUT2D eigenvalue weighted by Crippen LogP contribution is -2.29. The number of hydrogen-bond acceptors (Lipinski definition) is 1. The number of hydrogen-bond donors (Lipinski definition) is 0. The third-order valence-corrected chi connectivity index (χ3v) is 6.33. The highest BCUT2D eigenvalue weighted by Gasteiger charge is 2.40. The van der Waals surface area contributed by atoms with Gasteiger partial charge in [0.05, 0.1) is 0 Å². The maximum absolute atomic E-state index is 2.47. The van der Waals surface area contributed by atoms with E-state index in [2.05, 4.69) is 74.3 Å². The summed E-state index contributed by atoms with van der Waals surface area (Å²) in [6, 6.07) is 18.5. The van der Waals surface area contributed by atoms with Gasteiger partial charge >= 0.3 is 0 Å². The number of aryl methyl sites for hydroxylation is 1. The van der Waals surface area contributed by atoms with Gasteiger partial charge in [0.2, 0.25) is 0 Å². The van der Waals surface area contributed by atoms with Crippen molar-refractivity contribution in [2.45, 2.75) is 44.9 Å². The van der Waals surface area contributed by atoms with Crippen LogP contribution in [0, 0.1) is 0 Å². The van der Waals surface area contributed by atoms with Gasteiger partial charge in [-0.1, -0.05) is 68.0 Å². The van der Waals surface area contributed by atoms with E-state index < -0.39 is 0 Å². The van der Waals surface area contributed by atoms with Crippen LogP contribution < -0.4 is 0 Å². The van der Waals surface area contributed by atoms with E-state index >= 15 is 0 Å². The lowest BCUT2D eigenvalue weighted by Gasteiger charge is -2.33. The molecular formula is C24H29N. The molecule has 1 heterocycles. The molecule has 1 aliphatic carbocycles. The monoisotopic (exact) mass is 331 g/mol. The van der Waals surface area contributed by atoms with Crippen molar-refractivity contribution >= 4 is 5.57 Å². The molecule has 0 N–H and O–H groups in total. The molecule has 1 atom stereocenters. The van der Waals surface area contributed by atoms with Gasteiger partial charge in [0.15, 0.2) is 0 Å². The van der Waals surface area contributed by atoms with Crippen molar-refractivity contribution in [1.29, 1.82) is 0 Å². The van der Waals surface area contributed by atoms with Crippen LogP contribution in [0.25, 0.3) is 5.57 Å². The minimum absolute atomic E-state index is 0.112. The van der Waals surface area contributed by atoms with E-state index in [1.54, 1.807) is 11.1 Å². The van der Waals surface area contributed by atoms with E-state index in [0.29, 0.717) is 0 Å². The van der Waals surface area contributed by atoms with Crippen molar-refractivity contribution in [2.24, 2.45) is 0 Å². The number of rotatable bonds is 2. The molecule has 1 fully saturated rings. The van der Waals surface area contributed by atoms with Crippen molar-refractivity contribution in [3.8, 4) is 0 Å². The molecule has 130 valence electrons. The van der Waals surface area contributed by atoms with Crippen LogP contribution in [0.15, 0.2) is 54.1 Å². The minimum atomic E-state index is 0.112. The molecule has 1 aliphatic heterocycles. The number of nitrogens with zero attached hydrogens (tertiary/aromatic N) is 1. The lowest BCUT2D eigenvalue weighted by molar-refractivity contribution is 0.312. The fourth-order valence-electron chi connectivity index (χ4n) is 4.76. The average Bonchev–Trinajstić information content (AvgIpc) is 2.96. The van der Waals surface area contributed by atoms with Crippen LogP contribution in [0.1, 0.15) is 48.9 Å². The van der Waals surface area contributed by atoms with Crippen LogP contribution in [0.2, 0.25) is 0 Å². The van der Waals surface area contributed by atoms with Crippen LogP contribution in [0.4, 0.5) is 0 Å². The number of benzene rings is 2. The highest BCUT2D eigenvalue weighted by atomic mass is 15.1. The minimum Gasteiger partial charge on any atom is -0.306 e. The summed E-state index contributed by atoms with van der Waals surface area (Å²) in [5.74, 6) is 0. The third-order valence-electron chi connectivity index (χ3n) is 6.33. The fraction of sp³-hybridized carbons (Fsp3) is 0.417. The van der Waals surface area contributed by atoms with Crippen molar-refractivity contribution in [3.05, 3.63) is 76.4 Å². The average molecular weight is 332 g/mol. The molecule has 1 nitrogen and oxygen atoms in total. The highest BCUT2D eigenvalue weighted by molar-refractivity contribution is 5.84. The summed E-state index contributed by atoms with van der Waals surface area (Å²) >= 11 is 0. The summed E-state index contributed by atoms with van der Waals surface area (Å²) in [4.78, 5) is 2.46. The van der Waals surface area contributed by atoms with Crippen LogP contribution in [-0.2, 0) is 18.3 Å². The first-order valence-corrected chi connectivity index (χ1v) is 9.70. The molecule has 2 aromatic rings. The van der Waals surface area contributed by atoms with Gasteiger partial charge in [0.25, 0.3) is 0 Å². The Morgan fingerprint density at radius 1 is 0.960 bits per heavy atom. The van der Waals surface area contributed by atoms with E-state index in [-0.39, 0.29) is 5.41 Å². The summed E-state index contributed by atoms with van der Waals surface area (Å²) in [6.45, 7) is 7.07. The van der Waals surface area contributed by atoms with Gasteiger partial charge in [-0.3, -0.25) is 0 Å². The molecular weight excluding hydrogens is 302 g/mol. The van der Waals surface area contributed by atoms with Crippen molar-refractivity contribution < 1.29 is 0 Å². The van der Waals surface area contributed by atoms with Gasteiger partial charge in [-0.05, 0) is 60.6 Å². The molecule has 1 heteroatoms. The van der Waals surface area contributed by atoms with Crippen molar-refractivity contribution in [3.63, 3.8) is 0 Å². The molecule has 0 saturated carbocycles. The van der Waals surface area contributed by atoms with Crippen LogP contribution in [0.3, 0.4) is 0 Å². The molecule has 1 unspecified atom stereocenters. The Morgan fingerprint density at radius 3 is 2.32 bits per heavy atom. The Bertz CT molecular complexity index is 789. The Hall–Kier alpha value is -1.86. The summed E-state index contributed by atoms with van der Waals surface area (Å²) in [5, 5.41) is 0. The predicted molar refractivity (Wildman–Crippen MR) is 107 cm³/mol. The van der Waals surface area contributed by atoms with Gasteiger partial charge in [-0.15, -0.1) is 0 Å². The fourth-order valence-corrected chi connectivity index (χ4v) is 4.76. The second-order valence-electron chi connectivity index (χ2n) is 8.00. The zero-order chi connectivity index (χ0) is 17.4. The summed E-state index contributed by atoms with van der Waals surface area (Å²) < 4.78 is 0. The maximum Gasteiger partial charge on any atom is 0.0220 e. The maximum atomic E-state index is 2.47. The van der Waals surface area contributed by atoms with E-state index in [4.69, 9.17) is 0 Å². The highest BCUT2D eigenvalue weighted by Crippen LogP contribution is 2.51. The standard InChI is InChI=1S/C24H29N/c1-4-18-9-11-21(12-10-18)24(2)17-20-7-5-6-8-22(20)23(24)19-13-15-25(3)16-14-19/h5-12H,4,13-17H2,1-3H3. The normalized spacial score (nSPS) is 23.8. The molecule has 0 aromatic heterocycles. The Balaban J connectivity index is 1.84. The van der Waals surface area contributed by atoms with E-state index in [9.17, 15) is 0 Å². The topological polar surface area (TPSA) is 3.24 Å². The van der Waals surface area contributed by atoms with E-state index in [1.807, 2.05) is 0 Å². The molecule has 25 heavy (non-hydrogen) atoms. The first-order chi connectivity index (χ1) is 12.1. The lowest BCUT2D eigenvalue weighted by atomic mass is 9.73. The zero-order valence-electron chi connectivity index (χ0n) is 15.8. The molecule has 2 aliphatic rings. The van der Waals surface area contributed by atoms with E-state index in [1.165, 1.54) is 48.2 Å². The van der Waals surface area contributed by atoms with Gasteiger partial charge in [-0.25, -0.2) is 0 Å². The van der Waals surface area contributed by atoms with Gasteiger partial charge in [-0.2, -0.15) is 0 Å². The summed E-state index contributed by atoms with van der Waals surface area (Å²) in [7, 11) is 2.24. The second kappa shape index (κ2) is 6.46. The van der Waals surface area contributed by atoms with Gasteiger partial charge < -0.3 is 4.90 Å². The molecule has 1 saturated heterocycles. The molecule has 0 spiro atoms. The third kappa shape index (κ3) is 2.85. The van der Waals surface area contributed by atoms with Crippen LogP contribution >= 0.6 is 0 Å². The number of piperidine rings is 1.